The molecule has 2 atom stereocenters. The Morgan fingerprint density at radius 1 is 1.44 bits per heavy atom. The number of aryl methyl sites for hydroxylation is 1. The first-order chi connectivity index (χ1) is 7.66. The molecule has 16 heavy (non-hydrogen) atoms. The third kappa shape index (κ3) is 2.46. The topological polar surface area (TPSA) is 50.9 Å². The third-order valence-electron chi connectivity index (χ3n) is 3.49. The summed E-state index contributed by atoms with van der Waals surface area (Å²) in [6.07, 6.45) is 6.95. The highest BCUT2D eigenvalue weighted by Crippen LogP contribution is 2.27. The van der Waals surface area contributed by atoms with Crippen LogP contribution in [-0.2, 0) is 0 Å². The van der Waals surface area contributed by atoms with Crippen molar-refractivity contribution in [3.05, 3.63) is 17.8 Å². The molecular formula is C13H21N3. The molecule has 0 aliphatic heterocycles. The SMILES string of the molecule is Cc1ccnc(NC2CCCC(C)C2)c1N. The second-order valence-electron chi connectivity index (χ2n) is 5.00. The van der Waals surface area contributed by atoms with E-state index in [1.807, 2.05) is 19.2 Å². The standard InChI is InChI=1S/C13H21N3/c1-9-4-3-5-11(8-9)16-13-12(14)10(2)6-7-15-13/h6-7,9,11H,3-5,8,14H2,1-2H3,(H,15,16). The van der Waals surface area contributed by atoms with E-state index < -0.39 is 0 Å². The van der Waals surface area contributed by atoms with Crippen molar-refractivity contribution in [2.45, 2.75) is 45.6 Å². The van der Waals surface area contributed by atoms with Gasteiger partial charge in [0.2, 0.25) is 0 Å². The highest BCUT2D eigenvalue weighted by molar-refractivity contribution is 5.65. The summed E-state index contributed by atoms with van der Waals surface area (Å²) in [5.74, 6) is 1.68. The van der Waals surface area contributed by atoms with Crippen LogP contribution in [0.15, 0.2) is 12.3 Å². The lowest BCUT2D eigenvalue weighted by atomic mass is 9.87. The van der Waals surface area contributed by atoms with Gasteiger partial charge < -0.3 is 11.1 Å². The summed E-state index contributed by atoms with van der Waals surface area (Å²) in [5.41, 5.74) is 7.90. The zero-order chi connectivity index (χ0) is 11.5. The monoisotopic (exact) mass is 219 g/mol. The smallest absolute Gasteiger partial charge is 0.149 e. The van der Waals surface area contributed by atoms with E-state index in [1.54, 1.807) is 0 Å². The molecule has 1 aromatic rings. The Morgan fingerprint density at radius 2 is 2.25 bits per heavy atom. The Labute approximate surface area is 97.5 Å². The molecular weight excluding hydrogens is 198 g/mol. The normalized spacial score (nSPS) is 25.4. The lowest BCUT2D eigenvalue weighted by Gasteiger charge is -2.28. The van der Waals surface area contributed by atoms with Crippen LogP contribution in [0.1, 0.15) is 38.2 Å². The number of pyridine rings is 1. The molecule has 3 nitrogen and oxygen atoms in total. The molecule has 0 aromatic carbocycles. The molecule has 0 bridgehead atoms. The summed E-state index contributed by atoms with van der Waals surface area (Å²) in [6.45, 7) is 4.34. The number of nitrogen functional groups attached to an aromatic ring is 1. The summed E-state index contributed by atoms with van der Waals surface area (Å²) in [7, 11) is 0. The van der Waals surface area contributed by atoms with Gasteiger partial charge in [-0.25, -0.2) is 4.98 Å². The Balaban J connectivity index is 2.05. The highest BCUT2D eigenvalue weighted by Gasteiger charge is 2.19. The Bertz CT molecular complexity index is 362. The third-order valence-corrected chi connectivity index (χ3v) is 3.49. The van der Waals surface area contributed by atoms with Crippen molar-refractivity contribution in [1.29, 1.82) is 0 Å². The van der Waals surface area contributed by atoms with Crippen LogP contribution in [0.3, 0.4) is 0 Å². The van der Waals surface area contributed by atoms with Crippen molar-refractivity contribution in [3.63, 3.8) is 0 Å². The number of nitrogens with zero attached hydrogens (tertiary/aromatic N) is 1. The van der Waals surface area contributed by atoms with E-state index in [0.717, 1.165) is 23.0 Å². The number of nitrogens with one attached hydrogen (secondary N) is 1. The van der Waals surface area contributed by atoms with Gasteiger partial charge in [0.05, 0.1) is 5.69 Å². The van der Waals surface area contributed by atoms with Gasteiger partial charge in [0.25, 0.3) is 0 Å². The maximum Gasteiger partial charge on any atom is 0.149 e. The van der Waals surface area contributed by atoms with E-state index in [4.69, 9.17) is 5.73 Å². The van der Waals surface area contributed by atoms with Crippen LogP contribution in [0.25, 0.3) is 0 Å². The molecule has 1 fully saturated rings. The molecule has 3 heteroatoms. The lowest BCUT2D eigenvalue weighted by Crippen LogP contribution is -2.27. The fourth-order valence-electron chi connectivity index (χ4n) is 2.44. The minimum Gasteiger partial charge on any atom is -0.396 e. The zero-order valence-corrected chi connectivity index (χ0v) is 10.2. The number of hydrogen-bond acceptors (Lipinski definition) is 3. The van der Waals surface area contributed by atoms with Gasteiger partial charge >= 0.3 is 0 Å². The molecule has 1 aliphatic carbocycles. The predicted molar refractivity (Wildman–Crippen MR) is 68.4 cm³/mol. The molecule has 2 unspecified atom stereocenters. The van der Waals surface area contributed by atoms with Gasteiger partial charge in [-0.15, -0.1) is 0 Å². The number of anilines is 2. The average Bonchev–Trinajstić information content (AvgIpc) is 2.25. The van der Waals surface area contributed by atoms with Crippen LogP contribution < -0.4 is 11.1 Å². The van der Waals surface area contributed by atoms with E-state index >= 15 is 0 Å². The predicted octanol–water partition coefficient (Wildman–Crippen LogP) is 2.96. The number of aromatic nitrogens is 1. The lowest BCUT2D eigenvalue weighted by molar-refractivity contribution is 0.358. The molecule has 0 spiro atoms. The van der Waals surface area contributed by atoms with Crippen LogP contribution in [0.2, 0.25) is 0 Å². The highest BCUT2D eigenvalue weighted by atomic mass is 15.0. The average molecular weight is 219 g/mol. The van der Waals surface area contributed by atoms with Crippen molar-refractivity contribution in [1.82, 2.24) is 4.98 Å². The second-order valence-corrected chi connectivity index (χ2v) is 5.00. The quantitative estimate of drug-likeness (QED) is 0.804. The van der Waals surface area contributed by atoms with E-state index in [0.29, 0.717) is 6.04 Å². The van der Waals surface area contributed by atoms with Crippen LogP contribution >= 0.6 is 0 Å². The van der Waals surface area contributed by atoms with E-state index in [2.05, 4.69) is 17.2 Å². The van der Waals surface area contributed by atoms with Crippen LogP contribution in [-0.4, -0.2) is 11.0 Å². The fraction of sp³-hybridized carbons (Fsp3) is 0.615. The van der Waals surface area contributed by atoms with E-state index in [-0.39, 0.29) is 0 Å². The van der Waals surface area contributed by atoms with Crippen LogP contribution in [0.5, 0.6) is 0 Å². The van der Waals surface area contributed by atoms with Gasteiger partial charge in [-0.1, -0.05) is 19.8 Å². The molecule has 88 valence electrons. The van der Waals surface area contributed by atoms with Crippen molar-refractivity contribution in [2.24, 2.45) is 5.92 Å². The molecule has 1 saturated carbocycles. The molecule has 3 N–H and O–H groups in total. The van der Waals surface area contributed by atoms with Crippen molar-refractivity contribution in [3.8, 4) is 0 Å². The van der Waals surface area contributed by atoms with Gasteiger partial charge in [0.15, 0.2) is 0 Å². The largest absolute Gasteiger partial charge is 0.396 e. The Kier molecular flexibility index (Phi) is 3.32. The molecule has 0 radical (unpaired) electrons. The fourth-order valence-corrected chi connectivity index (χ4v) is 2.44. The molecule has 2 rings (SSSR count). The van der Waals surface area contributed by atoms with Gasteiger partial charge in [-0.3, -0.25) is 0 Å². The first-order valence-corrected chi connectivity index (χ1v) is 6.14. The second kappa shape index (κ2) is 4.73. The summed E-state index contributed by atoms with van der Waals surface area (Å²) >= 11 is 0. The maximum atomic E-state index is 6.01. The van der Waals surface area contributed by atoms with Crippen LogP contribution in [0.4, 0.5) is 11.5 Å². The van der Waals surface area contributed by atoms with Gasteiger partial charge in [-0.05, 0) is 37.3 Å². The minimum atomic E-state index is 0.542. The van der Waals surface area contributed by atoms with Crippen molar-refractivity contribution in [2.75, 3.05) is 11.1 Å². The summed E-state index contributed by atoms with van der Waals surface area (Å²) < 4.78 is 0. The van der Waals surface area contributed by atoms with Gasteiger partial charge in [0, 0.05) is 12.2 Å². The first-order valence-electron chi connectivity index (χ1n) is 6.14. The van der Waals surface area contributed by atoms with Crippen molar-refractivity contribution < 1.29 is 0 Å². The first kappa shape index (κ1) is 11.2. The molecule has 1 aliphatic rings. The van der Waals surface area contributed by atoms with Crippen LogP contribution in [0, 0.1) is 12.8 Å². The molecule has 0 amide bonds. The zero-order valence-electron chi connectivity index (χ0n) is 10.2. The number of rotatable bonds is 2. The minimum absolute atomic E-state index is 0.542. The van der Waals surface area contributed by atoms with E-state index in [1.165, 1.54) is 25.7 Å². The van der Waals surface area contributed by atoms with E-state index in [9.17, 15) is 0 Å². The Hall–Kier alpha value is -1.25. The summed E-state index contributed by atoms with van der Waals surface area (Å²) in [5, 5.41) is 3.48. The molecule has 0 saturated heterocycles. The number of hydrogen-bond donors (Lipinski definition) is 2. The summed E-state index contributed by atoms with van der Waals surface area (Å²) in [6, 6.07) is 2.49. The molecule has 1 heterocycles. The Morgan fingerprint density at radius 3 is 3.00 bits per heavy atom. The summed E-state index contributed by atoms with van der Waals surface area (Å²) in [4.78, 5) is 4.32. The molecule has 1 aromatic heterocycles. The maximum absolute atomic E-state index is 6.01. The van der Waals surface area contributed by atoms with Gasteiger partial charge in [-0.2, -0.15) is 0 Å². The number of nitrogens with two attached hydrogens (primary N) is 1. The van der Waals surface area contributed by atoms with Crippen molar-refractivity contribution >= 4 is 11.5 Å². The van der Waals surface area contributed by atoms with Gasteiger partial charge in [0.1, 0.15) is 5.82 Å².